The van der Waals surface area contributed by atoms with Crippen LogP contribution in [0.15, 0.2) is 24.3 Å². The second-order valence-electron chi connectivity index (χ2n) is 5.91. The Balaban J connectivity index is 2.47. The van der Waals surface area contributed by atoms with E-state index in [0.29, 0.717) is 18.8 Å². The highest BCUT2D eigenvalue weighted by Gasteiger charge is 2.17. The predicted molar refractivity (Wildman–Crippen MR) is 85.4 cm³/mol. The van der Waals surface area contributed by atoms with Crippen LogP contribution in [0, 0.1) is 5.92 Å². The summed E-state index contributed by atoms with van der Waals surface area (Å²) in [7, 11) is 0. The summed E-state index contributed by atoms with van der Waals surface area (Å²) in [4.78, 5) is 23.1. The Labute approximate surface area is 132 Å². The van der Waals surface area contributed by atoms with Crippen molar-refractivity contribution in [3.63, 3.8) is 0 Å². The van der Waals surface area contributed by atoms with Crippen molar-refractivity contribution in [3.05, 3.63) is 35.4 Å². The Morgan fingerprint density at radius 3 is 2.23 bits per heavy atom. The van der Waals surface area contributed by atoms with Gasteiger partial charge in [-0.05, 0) is 36.8 Å². The second-order valence-corrected chi connectivity index (χ2v) is 5.91. The topological polar surface area (TPSA) is 52.6 Å². The van der Waals surface area contributed by atoms with E-state index >= 15 is 0 Å². The molecule has 0 amide bonds. The van der Waals surface area contributed by atoms with Gasteiger partial charge in [0, 0.05) is 6.42 Å². The zero-order valence-electron chi connectivity index (χ0n) is 13.9. The third-order valence-corrected chi connectivity index (χ3v) is 3.35. The average Bonchev–Trinajstić information content (AvgIpc) is 2.47. The summed E-state index contributed by atoms with van der Waals surface area (Å²) < 4.78 is 9.81. The van der Waals surface area contributed by atoms with Gasteiger partial charge in [-0.1, -0.05) is 45.0 Å². The van der Waals surface area contributed by atoms with E-state index in [9.17, 15) is 9.59 Å². The molecule has 4 nitrogen and oxygen atoms in total. The molecule has 122 valence electrons. The molecular formula is C18H26O4. The standard InChI is InChI=1S/C18H26O4/c1-5-6-17(19)21-12-22-18(20)14(4)16-9-7-15(8-10-16)11-13(2)3/h7-10,13-14H,5-6,11-12H2,1-4H3. The van der Waals surface area contributed by atoms with Gasteiger partial charge in [0.05, 0.1) is 5.92 Å². The van der Waals surface area contributed by atoms with Gasteiger partial charge in [0.1, 0.15) is 0 Å². The van der Waals surface area contributed by atoms with E-state index in [-0.39, 0.29) is 24.6 Å². The minimum atomic E-state index is -0.388. The molecule has 4 heteroatoms. The molecule has 1 atom stereocenters. The Kier molecular flexibility index (Phi) is 7.64. The zero-order chi connectivity index (χ0) is 16.5. The number of rotatable bonds is 8. The molecule has 0 N–H and O–H groups in total. The van der Waals surface area contributed by atoms with E-state index in [0.717, 1.165) is 12.0 Å². The summed E-state index contributed by atoms with van der Waals surface area (Å²) in [6.45, 7) is 7.71. The fraction of sp³-hybridized carbons (Fsp3) is 0.556. The van der Waals surface area contributed by atoms with E-state index in [4.69, 9.17) is 9.47 Å². The van der Waals surface area contributed by atoms with Crippen LogP contribution in [0.3, 0.4) is 0 Å². The molecule has 0 spiro atoms. The minimum absolute atomic E-state index is 0.312. The predicted octanol–water partition coefficient (Wildman–Crippen LogP) is 3.83. The smallest absolute Gasteiger partial charge is 0.316 e. The highest BCUT2D eigenvalue weighted by Crippen LogP contribution is 2.18. The number of hydrogen-bond donors (Lipinski definition) is 0. The van der Waals surface area contributed by atoms with Gasteiger partial charge in [0.2, 0.25) is 6.79 Å². The first-order valence-corrected chi connectivity index (χ1v) is 7.85. The number of carbonyl (C=O) groups is 2. The molecule has 0 saturated carbocycles. The quantitative estimate of drug-likeness (QED) is 0.541. The van der Waals surface area contributed by atoms with Crippen LogP contribution in [-0.2, 0) is 25.5 Å². The van der Waals surface area contributed by atoms with Crippen LogP contribution in [0.2, 0.25) is 0 Å². The molecular weight excluding hydrogens is 280 g/mol. The van der Waals surface area contributed by atoms with E-state index < -0.39 is 0 Å². The lowest BCUT2D eigenvalue weighted by atomic mass is 9.97. The average molecular weight is 306 g/mol. The van der Waals surface area contributed by atoms with Gasteiger partial charge in [-0.15, -0.1) is 0 Å². The fourth-order valence-corrected chi connectivity index (χ4v) is 2.10. The van der Waals surface area contributed by atoms with Crippen molar-refractivity contribution < 1.29 is 19.1 Å². The van der Waals surface area contributed by atoms with E-state index in [1.807, 2.05) is 31.2 Å². The third kappa shape index (κ3) is 6.29. The first kappa shape index (κ1) is 18.2. The molecule has 1 aromatic rings. The fourth-order valence-electron chi connectivity index (χ4n) is 2.10. The molecule has 1 aromatic carbocycles. The Morgan fingerprint density at radius 1 is 1.05 bits per heavy atom. The number of benzene rings is 1. The monoisotopic (exact) mass is 306 g/mol. The molecule has 0 radical (unpaired) electrons. The number of hydrogen-bond acceptors (Lipinski definition) is 4. The molecule has 0 fully saturated rings. The molecule has 0 saturated heterocycles. The summed E-state index contributed by atoms with van der Waals surface area (Å²) in [5.74, 6) is -0.508. The Morgan fingerprint density at radius 2 is 1.68 bits per heavy atom. The maximum Gasteiger partial charge on any atom is 0.316 e. The van der Waals surface area contributed by atoms with Crippen molar-refractivity contribution in [2.24, 2.45) is 5.92 Å². The van der Waals surface area contributed by atoms with Gasteiger partial charge in [0.25, 0.3) is 0 Å². The Bertz CT molecular complexity index is 476. The van der Waals surface area contributed by atoms with Crippen molar-refractivity contribution in [3.8, 4) is 0 Å². The molecule has 0 aliphatic heterocycles. The van der Waals surface area contributed by atoms with Crippen molar-refractivity contribution in [1.29, 1.82) is 0 Å². The summed E-state index contributed by atoms with van der Waals surface area (Å²) in [6.07, 6.45) is 2.07. The molecule has 22 heavy (non-hydrogen) atoms. The molecule has 0 aliphatic rings. The lowest BCUT2D eigenvalue weighted by molar-refractivity contribution is -0.168. The lowest BCUT2D eigenvalue weighted by Crippen LogP contribution is -2.17. The molecule has 1 rings (SSSR count). The van der Waals surface area contributed by atoms with Crippen LogP contribution in [0.1, 0.15) is 57.6 Å². The summed E-state index contributed by atoms with van der Waals surface area (Å²) in [5, 5.41) is 0. The Hall–Kier alpha value is -1.84. The second kappa shape index (κ2) is 9.23. The van der Waals surface area contributed by atoms with Crippen LogP contribution in [0.4, 0.5) is 0 Å². The minimum Gasteiger partial charge on any atom is -0.428 e. The van der Waals surface area contributed by atoms with Gasteiger partial charge in [0.15, 0.2) is 0 Å². The van der Waals surface area contributed by atoms with Crippen molar-refractivity contribution in [2.45, 2.75) is 52.9 Å². The van der Waals surface area contributed by atoms with Crippen LogP contribution in [-0.4, -0.2) is 18.7 Å². The number of carbonyl (C=O) groups excluding carboxylic acids is 2. The summed E-state index contributed by atoms with van der Waals surface area (Å²) >= 11 is 0. The largest absolute Gasteiger partial charge is 0.428 e. The molecule has 0 bridgehead atoms. The van der Waals surface area contributed by atoms with Crippen molar-refractivity contribution in [1.82, 2.24) is 0 Å². The van der Waals surface area contributed by atoms with Crippen LogP contribution < -0.4 is 0 Å². The lowest BCUT2D eigenvalue weighted by Gasteiger charge is -2.13. The van der Waals surface area contributed by atoms with Crippen molar-refractivity contribution >= 4 is 11.9 Å². The molecule has 1 unspecified atom stereocenters. The van der Waals surface area contributed by atoms with Crippen LogP contribution >= 0.6 is 0 Å². The van der Waals surface area contributed by atoms with E-state index in [1.54, 1.807) is 6.92 Å². The van der Waals surface area contributed by atoms with Crippen LogP contribution in [0.25, 0.3) is 0 Å². The maximum absolute atomic E-state index is 11.9. The highest BCUT2D eigenvalue weighted by atomic mass is 16.7. The zero-order valence-corrected chi connectivity index (χ0v) is 13.9. The van der Waals surface area contributed by atoms with Crippen molar-refractivity contribution in [2.75, 3.05) is 6.79 Å². The maximum atomic E-state index is 11.9. The summed E-state index contributed by atoms with van der Waals surface area (Å²) in [5.41, 5.74) is 2.16. The van der Waals surface area contributed by atoms with E-state index in [2.05, 4.69) is 13.8 Å². The van der Waals surface area contributed by atoms with Gasteiger partial charge in [-0.25, -0.2) is 0 Å². The van der Waals surface area contributed by atoms with E-state index in [1.165, 1.54) is 5.56 Å². The highest BCUT2D eigenvalue weighted by molar-refractivity contribution is 5.77. The third-order valence-electron chi connectivity index (χ3n) is 3.35. The van der Waals surface area contributed by atoms with Gasteiger partial charge < -0.3 is 9.47 Å². The molecule has 0 heterocycles. The number of ether oxygens (including phenoxy) is 2. The van der Waals surface area contributed by atoms with Gasteiger partial charge in [-0.2, -0.15) is 0 Å². The molecule has 0 aliphatic carbocycles. The first-order valence-electron chi connectivity index (χ1n) is 7.85. The first-order chi connectivity index (χ1) is 10.4. The number of esters is 2. The van der Waals surface area contributed by atoms with Crippen LogP contribution in [0.5, 0.6) is 0 Å². The summed E-state index contributed by atoms with van der Waals surface area (Å²) in [6, 6.07) is 7.99. The normalized spacial score (nSPS) is 12.0. The molecule has 0 aromatic heterocycles. The van der Waals surface area contributed by atoms with Gasteiger partial charge in [-0.3, -0.25) is 9.59 Å². The SMILES string of the molecule is CCCC(=O)OCOC(=O)C(C)c1ccc(CC(C)C)cc1. The van der Waals surface area contributed by atoms with Gasteiger partial charge >= 0.3 is 11.9 Å².